The molecule has 0 heterocycles. The fourth-order valence-electron chi connectivity index (χ4n) is 1.80. The molecule has 23 heavy (non-hydrogen) atoms. The van der Waals surface area contributed by atoms with Gasteiger partial charge >= 0.3 is 0 Å². The van der Waals surface area contributed by atoms with Crippen LogP contribution in [0.1, 0.15) is 0 Å². The number of non-ortho nitro benzene ring substituents is 1. The largest absolute Gasteiger partial charge is 0.495 e. The van der Waals surface area contributed by atoms with Gasteiger partial charge in [0, 0.05) is 11.1 Å². The molecule has 0 fully saturated rings. The first kappa shape index (κ1) is 16.6. The van der Waals surface area contributed by atoms with E-state index < -0.39 is 10.8 Å². The molecular weight excluding hydrogens is 324 g/mol. The summed E-state index contributed by atoms with van der Waals surface area (Å²) < 4.78 is 10.4. The molecule has 0 aliphatic heterocycles. The van der Waals surface area contributed by atoms with Crippen molar-refractivity contribution in [2.45, 2.75) is 0 Å². The number of nitrogens with one attached hydrogen (secondary N) is 1. The second kappa shape index (κ2) is 7.46. The summed E-state index contributed by atoms with van der Waals surface area (Å²) in [6.07, 6.45) is 0. The third kappa shape index (κ3) is 4.58. The minimum atomic E-state index is -0.538. The minimum absolute atomic E-state index is 0.112. The number of anilines is 1. The van der Waals surface area contributed by atoms with Crippen LogP contribution in [-0.4, -0.2) is 24.5 Å². The molecule has 2 aromatic rings. The maximum atomic E-state index is 11.9. The smallest absolute Gasteiger partial charge is 0.273 e. The first-order valence-electron chi connectivity index (χ1n) is 6.50. The molecule has 0 aliphatic rings. The Balaban J connectivity index is 1.99. The summed E-state index contributed by atoms with van der Waals surface area (Å²) in [6, 6.07) is 10.4. The monoisotopic (exact) mass is 336 g/mol. The van der Waals surface area contributed by atoms with Gasteiger partial charge in [0.15, 0.2) is 6.61 Å². The third-order valence-corrected chi connectivity index (χ3v) is 3.07. The molecule has 1 amide bonds. The fourth-order valence-corrected chi connectivity index (χ4v) is 1.97. The zero-order chi connectivity index (χ0) is 16.8. The number of carbonyl (C=O) groups is 1. The number of hydrogen-bond donors (Lipinski definition) is 1. The van der Waals surface area contributed by atoms with Gasteiger partial charge in [0.25, 0.3) is 11.6 Å². The topological polar surface area (TPSA) is 90.7 Å². The van der Waals surface area contributed by atoms with Gasteiger partial charge in [0.05, 0.1) is 23.8 Å². The zero-order valence-electron chi connectivity index (χ0n) is 12.1. The molecule has 0 atom stereocenters. The second-order valence-electron chi connectivity index (χ2n) is 4.44. The number of hydrogen-bond acceptors (Lipinski definition) is 5. The van der Waals surface area contributed by atoms with E-state index in [2.05, 4.69) is 5.32 Å². The normalized spacial score (nSPS) is 10.0. The maximum Gasteiger partial charge on any atom is 0.273 e. The number of nitro benzene ring substituents is 1. The Labute approximate surface area is 136 Å². The van der Waals surface area contributed by atoms with Crippen LogP contribution in [0.4, 0.5) is 11.4 Å². The van der Waals surface area contributed by atoms with E-state index in [-0.39, 0.29) is 18.0 Å². The molecule has 2 rings (SSSR count). The molecule has 1 N–H and O–H groups in total. The van der Waals surface area contributed by atoms with Crippen molar-refractivity contribution in [2.75, 3.05) is 19.0 Å². The molecule has 0 saturated carbocycles. The average molecular weight is 337 g/mol. The van der Waals surface area contributed by atoms with Gasteiger partial charge in [-0.05, 0) is 24.3 Å². The maximum absolute atomic E-state index is 11.9. The van der Waals surface area contributed by atoms with E-state index in [1.807, 2.05) is 0 Å². The van der Waals surface area contributed by atoms with Gasteiger partial charge in [-0.3, -0.25) is 14.9 Å². The highest BCUT2D eigenvalue weighted by Crippen LogP contribution is 2.27. The number of amides is 1. The van der Waals surface area contributed by atoms with Crippen molar-refractivity contribution in [2.24, 2.45) is 0 Å². The van der Waals surface area contributed by atoms with E-state index in [4.69, 9.17) is 21.1 Å². The summed E-state index contributed by atoms with van der Waals surface area (Å²) in [5.41, 5.74) is 0.298. The quantitative estimate of drug-likeness (QED) is 0.645. The Morgan fingerprint density at radius 3 is 2.78 bits per heavy atom. The highest BCUT2D eigenvalue weighted by atomic mass is 35.5. The Bertz CT molecular complexity index is 736. The third-order valence-electron chi connectivity index (χ3n) is 2.83. The van der Waals surface area contributed by atoms with Crippen LogP contribution in [0.3, 0.4) is 0 Å². The van der Waals surface area contributed by atoms with E-state index in [1.165, 1.54) is 31.4 Å². The first-order chi connectivity index (χ1) is 11.0. The lowest BCUT2D eigenvalue weighted by Crippen LogP contribution is -2.20. The Kier molecular flexibility index (Phi) is 5.37. The van der Waals surface area contributed by atoms with Crippen molar-refractivity contribution >= 4 is 28.9 Å². The summed E-state index contributed by atoms with van der Waals surface area (Å²) in [5.74, 6) is 0.239. The van der Waals surface area contributed by atoms with E-state index in [0.29, 0.717) is 16.5 Å². The molecule has 0 bridgehead atoms. The van der Waals surface area contributed by atoms with Crippen molar-refractivity contribution in [1.82, 2.24) is 0 Å². The predicted molar refractivity (Wildman–Crippen MR) is 85.2 cm³/mol. The van der Waals surface area contributed by atoms with Crippen molar-refractivity contribution in [1.29, 1.82) is 0 Å². The fraction of sp³-hybridized carbons (Fsp3) is 0.133. The van der Waals surface area contributed by atoms with Crippen molar-refractivity contribution in [3.8, 4) is 11.5 Å². The van der Waals surface area contributed by atoms with Crippen molar-refractivity contribution < 1.29 is 19.2 Å². The molecule has 0 aliphatic carbocycles. The molecule has 0 saturated heterocycles. The molecule has 7 nitrogen and oxygen atoms in total. The molecular formula is C15H13ClN2O5. The number of benzene rings is 2. The van der Waals surface area contributed by atoms with Gasteiger partial charge in [0.1, 0.15) is 11.5 Å². The highest BCUT2D eigenvalue weighted by molar-refractivity contribution is 6.31. The number of halogens is 1. The summed E-state index contributed by atoms with van der Waals surface area (Å²) in [4.78, 5) is 22.1. The van der Waals surface area contributed by atoms with E-state index in [9.17, 15) is 14.9 Å². The SMILES string of the molecule is COc1ccc(Cl)cc1NC(=O)COc1cccc([N+](=O)[O-])c1. The van der Waals surface area contributed by atoms with Crippen LogP contribution in [-0.2, 0) is 4.79 Å². The zero-order valence-corrected chi connectivity index (χ0v) is 12.9. The second-order valence-corrected chi connectivity index (χ2v) is 4.87. The molecule has 0 spiro atoms. The number of rotatable bonds is 6. The van der Waals surface area contributed by atoms with Gasteiger partial charge in [-0.15, -0.1) is 0 Å². The Hall–Kier alpha value is -2.80. The molecule has 120 valence electrons. The van der Waals surface area contributed by atoms with Gasteiger partial charge in [0.2, 0.25) is 0 Å². The first-order valence-corrected chi connectivity index (χ1v) is 6.88. The van der Waals surface area contributed by atoms with Crippen LogP contribution < -0.4 is 14.8 Å². The van der Waals surface area contributed by atoms with Crippen LogP contribution in [0.15, 0.2) is 42.5 Å². The minimum Gasteiger partial charge on any atom is -0.495 e. The average Bonchev–Trinajstić information content (AvgIpc) is 2.53. The molecule has 0 unspecified atom stereocenters. The van der Waals surface area contributed by atoms with Gasteiger partial charge < -0.3 is 14.8 Å². The van der Waals surface area contributed by atoms with E-state index in [0.717, 1.165) is 0 Å². The van der Waals surface area contributed by atoms with Gasteiger partial charge in [-0.2, -0.15) is 0 Å². The number of nitro groups is 1. The van der Waals surface area contributed by atoms with E-state index in [1.54, 1.807) is 18.2 Å². The van der Waals surface area contributed by atoms with E-state index >= 15 is 0 Å². The number of carbonyl (C=O) groups excluding carboxylic acids is 1. The number of methoxy groups -OCH3 is 1. The summed E-state index contributed by atoms with van der Waals surface area (Å²) in [6.45, 7) is -0.309. The van der Waals surface area contributed by atoms with Crippen LogP contribution in [0, 0.1) is 10.1 Å². The molecule has 0 radical (unpaired) electrons. The van der Waals surface area contributed by atoms with Crippen molar-refractivity contribution in [3.63, 3.8) is 0 Å². The van der Waals surface area contributed by atoms with Crippen LogP contribution in [0.25, 0.3) is 0 Å². The molecule has 2 aromatic carbocycles. The van der Waals surface area contributed by atoms with Crippen LogP contribution in [0.5, 0.6) is 11.5 Å². The summed E-state index contributed by atoms with van der Waals surface area (Å²) in [7, 11) is 1.47. The summed E-state index contributed by atoms with van der Waals surface area (Å²) in [5, 5.41) is 13.7. The Morgan fingerprint density at radius 2 is 2.09 bits per heavy atom. The van der Waals surface area contributed by atoms with Gasteiger partial charge in [-0.1, -0.05) is 17.7 Å². The lowest BCUT2D eigenvalue weighted by molar-refractivity contribution is -0.384. The predicted octanol–water partition coefficient (Wildman–Crippen LogP) is 3.27. The van der Waals surface area contributed by atoms with Gasteiger partial charge in [-0.25, -0.2) is 0 Å². The molecule has 8 heteroatoms. The number of nitrogens with zero attached hydrogens (tertiary/aromatic N) is 1. The molecule has 0 aromatic heterocycles. The standard InChI is InChI=1S/C15H13ClN2O5/c1-22-14-6-5-10(16)7-13(14)17-15(19)9-23-12-4-2-3-11(8-12)18(20)21/h2-8H,9H2,1H3,(H,17,19). The van der Waals surface area contributed by atoms with Crippen LogP contribution >= 0.6 is 11.6 Å². The summed E-state index contributed by atoms with van der Waals surface area (Å²) >= 11 is 5.88. The van der Waals surface area contributed by atoms with Crippen molar-refractivity contribution in [3.05, 3.63) is 57.6 Å². The Morgan fingerprint density at radius 1 is 1.30 bits per heavy atom. The lowest BCUT2D eigenvalue weighted by Gasteiger charge is -2.11. The lowest BCUT2D eigenvalue weighted by atomic mass is 10.3. The number of ether oxygens (including phenoxy) is 2. The van der Waals surface area contributed by atoms with Crippen LogP contribution in [0.2, 0.25) is 5.02 Å². The highest BCUT2D eigenvalue weighted by Gasteiger charge is 2.11.